The second kappa shape index (κ2) is 5.35. The fourth-order valence-electron chi connectivity index (χ4n) is 2.99. The van der Waals surface area contributed by atoms with E-state index in [0.717, 1.165) is 19.6 Å². The molecule has 2 N–H and O–H groups in total. The van der Waals surface area contributed by atoms with E-state index in [-0.39, 0.29) is 6.04 Å². The van der Waals surface area contributed by atoms with Crippen molar-refractivity contribution in [2.45, 2.75) is 44.9 Å². The summed E-state index contributed by atoms with van der Waals surface area (Å²) in [6.45, 7) is 3.93. The van der Waals surface area contributed by atoms with Gasteiger partial charge >= 0.3 is 0 Å². The predicted octanol–water partition coefficient (Wildman–Crippen LogP) is 2.71. The van der Waals surface area contributed by atoms with Crippen LogP contribution in [0.25, 0.3) is 10.9 Å². The fourth-order valence-corrected chi connectivity index (χ4v) is 2.99. The molecule has 3 heteroatoms. The molecule has 2 heterocycles. The van der Waals surface area contributed by atoms with Crippen LogP contribution in [0.2, 0.25) is 0 Å². The van der Waals surface area contributed by atoms with Crippen LogP contribution in [0, 0.1) is 0 Å². The van der Waals surface area contributed by atoms with Crippen molar-refractivity contribution in [1.29, 1.82) is 0 Å². The van der Waals surface area contributed by atoms with Crippen molar-refractivity contribution in [3.05, 3.63) is 36.0 Å². The zero-order valence-corrected chi connectivity index (χ0v) is 11.5. The van der Waals surface area contributed by atoms with Crippen molar-refractivity contribution in [1.82, 2.24) is 4.57 Å². The van der Waals surface area contributed by atoms with Crippen molar-refractivity contribution in [3.8, 4) is 0 Å². The molecule has 0 aliphatic carbocycles. The first-order valence-electron chi connectivity index (χ1n) is 7.18. The Morgan fingerprint density at radius 3 is 3.00 bits per heavy atom. The van der Waals surface area contributed by atoms with E-state index in [0.29, 0.717) is 6.10 Å². The lowest BCUT2D eigenvalue weighted by Gasteiger charge is -2.11. The lowest BCUT2D eigenvalue weighted by Crippen LogP contribution is -2.17. The molecule has 1 aromatic heterocycles. The van der Waals surface area contributed by atoms with Gasteiger partial charge in [-0.05, 0) is 37.8 Å². The quantitative estimate of drug-likeness (QED) is 0.916. The molecule has 0 saturated carbocycles. The number of rotatable bonds is 4. The highest BCUT2D eigenvalue weighted by molar-refractivity contribution is 5.84. The average Bonchev–Trinajstić information content (AvgIpc) is 2.99. The Hall–Kier alpha value is -1.32. The lowest BCUT2D eigenvalue weighted by molar-refractivity contribution is 0.0980. The highest BCUT2D eigenvalue weighted by Crippen LogP contribution is 2.24. The van der Waals surface area contributed by atoms with Gasteiger partial charge in [0.2, 0.25) is 0 Å². The van der Waals surface area contributed by atoms with Crippen LogP contribution in [0.15, 0.2) is 30.5 Å². The smallest absolute Gasteiger partial charge is 0.0754 e. The Bertz CT molecular complexity index is 553. The van der Waals surface area contributed by atoms with Crippen molar-refractivity contribution < 1.29 is 4.74 Å². The van der Waals surface area contributed by atoms with Gasteiger partial charge in [-0.2, -0.15) is 0 Å². The number of nitrogens with two attached hydrogens (primary N) is 1. The van der Waals surface area contributed by atoms with E-state index in [4.69, 9.17) is 10.5 Å². The first-order valence-corrected chi connectivity index (χ1v) is 7.18. The minimum Gasteiger partial charge on any atom is -0.376 e. The molecule has 2 atom stereocenters. The first-order chi connectivity index (χ1) is 9.24. The Morgan fingerprint density at radius 2 is 2.26 bits per heavy atom. The van der Waals surface area contributed by atoms with Gasteiger partial charge in [-0.15, -0.1) is 0 Å². The summed E-state index contributed by atoms with van der Waals surface area (Å²) >= 11 is 0. The molecule has 1 saturated heterocycles. The molecule has 3 nitrogen and oxygen atoms in total. The second-order valence-electron chi connectivity index (χ2n) is 5.64. The van der Waals surface area contributed by atoms with Crippen LogP contribution in [0.3, 0.4) is 0 Å². The lowest BCUT2D eigenvalue weighted by atomic mass is 10.1. The summed E-state index contributed by atoms with van der Waals surface area (Å²) in [5.74, 6) is 0. The van der Waals surface area contributed by atoms with E-state index >= 15 is 0 Å². The van der Waals surface area contributed by atoms with Crippen molar-refractivity contribution in [2.24, 2.45) is 5.73 Å². The average molecular weight is 258 g/mol. The van der Waals surface area contributed by atoms with Crippen LogP contribution in [-0.4, -0.2) is 23.3 Å². The number of ether oxygens (including phenoxy) is 1. The number of nitrogens with zero attached hydrogens (tertiary/aromatic N) is 1. The summed E-state index contributed by atoms with van der Waals surface area (Å²) in [5.41, 5.74) is 8.60. The van der Waals surface area contributed by atoms with Crippen LogP contribution in [0.1, 0.15) is 25.3 Å². The molecule has 0 amide bonds. The van der Waals surface area contributed by atoms with Gasteiger partial charge in [-0.25, -0.2) is 0 Å². The number of fused-ring (bicyclic) bond motifs is 1. The molecule has 19 heavy (non-hydrogen) atoms. The van der Waals surface area contributed by atoms with E-state index in [2.05, 4.69) is 42.0 Å². The number of para-hydroxylation sites is 1. The van der Waals surface area contributed by atoms with Gasteiger partial charge in [0.1, 0.15) is 0 Å². The Kier molecular flexibility index (Phi) is 3.58. The molecule has 0 bridgehead atoms. The maximum Gasteiger partial charge on any atom is 0.0754 e. The van der Waals surface area contributed by atoms with Crippen molar-refractivity contribution in [3.63, 3.8) is 0 Å². The Morgan fingerprint density at radius 1 is 1.42 bits per heavy atom. The van der Waals surface area contributed by atoms with E-state index in [1.165, 1.54) is 29.3 Å². The highest BCUT2D eigenvalue weighted by Gasteiger charge is 2.18. The standard InChI is InChI=1S/C16H22N2O/c1-12(17)9-13-10-18(11-14-5-4-8-19-14)16-7-3-2-6-15(13)16/h2-3,6-7,10,12,14H,4-5,8-9,11,17H2,1H3. The first kappa shape index (κ1) is 12.7. The Labute approximate surface area is 114 Å². The monoisotopic (exact) mass is 258 g/mol. The summed E-state index contributed by atoms with van der Waals surface area (Å²) in [4.78, 5) is 0. The van der Waals surface area contributed by atoms with Gasteiger partial charge in [0.05, 0.1) is 6.10 Å². The van der Waals surface area contributed by atoms with Crippen LogP contribution in [-0.2, 0) is 17.7 Å². The van der Waals surface area contributed by atoms with Gasteiger partial charge in [0.15, 0.2) is 0 Å². The van der Waals surface area contributed by atoms with Crippen molar-refractivity contribution >= 4 is 10.9 Å². The third-order valence-electron chi connectivity index (χ3n) is 3.84. The second-order valence-corrected chi connectivity index (χ2v) is 5.64. The Balaban J connectivity index is 1.94. The largest absolute Gasteiger partial charge is 0.376 e. The molecular weight excluding hydrogens is 236 g/mol. The maximum atomic E-state index is 5.95. The molecule has 1 fully saturated rings. The molecule has 2 aromatic rings. The number of hydrogen-bond acceptors (Lipinski definition) is 2. The van der Waals surface area contributed by atoms with Gasteiger partial charge in [0.25, 0.3) is 0 Å². The molecule has 102 valence electrons. The molecule has 0 radical (unpaired) electrons. The van der Waals surface area contributed by atoms with E-state index < -0.39 is 0 Å². The third kappa shape index (κ3) is 2.67. The summed E-state index contributed by atoms with van der Waals surface area (Å²) in [6, 6.07) is 8.78. The van der Waals surface area contributed by atoms with Gasteiger partial charge in [-0.3, -0.25) is 0 Å². The third-order valence-corrected chi connectivity index (χ3v) is 3.84. The number of benzene rings is 1. The summed E-state index contributed by atoms with van der Waals surface area (Å²) < 4.78 is 8.09. The maximum absolute atomic E-state index is 5.95. The molecule has 2 unspecified atom stereocenters. The molecule has 0 spiro atoms. The molecule has 3 rings (SSSR count). The van der Waals surface area contributed by atoms with E-state index in [1.54, 1.807) is 0 Å². The molecule has 1 aromatic carbocycles. The fraction of sp³-hybridized carbons (Fsp3) is 0.500. The van der Waals surface area contributed by atoms with E-state index in [1.807, 2.05) is 0 Å². The normalized spacial score (nSPS) is 21.1. The van der Waals surface area contributed by atoms with Gasteiger partial charge < -0.3 is 15.0 Å². The minimum absolute atomic E-state index is 0.196. The molecular formula is C16H22N2O. The SMILES string of the molecule is CC(N)Cc1cn(CC2CCCO2)c2ccccc12. The van der Waals surface area contributed by atoms with Crippen LogP contribution in [0.4, 0.5) is 0 Å². The van der Waals surface area contributed by atoms with Crippen LogP contribution in [0.5, 0.6) is 0 Å². The number of aromatic nitrogens is 1. The summed E-state index contributed by atoms with van der Waals surface area (Å²) in [7, 11) is 0. The van der Waals surface area contributed by atoms with Crippen molar-refractivity contribution in [2.75, 3.05) is 6.61 Å². The topological polar surface area (TPSA) is 40.2 Å². The summed E-state index contributed by atoms with van der Waals surface area (Å²) in [5, 5.41) is 1.33. The van der Waals surface area contributed by atoms with Gasteiger partial charge in [-0.1, -0.05) is 18.2 Å². The predicted molar refractivity (Wildman–Crippen MR) is 78.3 cm³/mol. The van der Waals surface area contributed by atoms with E-state index in [9.17, 15) is 0 Å². The van der Waals surface area contributed by atoms with Crippen LogP contribution >= 0.6 is 0 Å². The highest BCUT2D eigenvalue weighted by atomic mass is 16.5. The zero-order chi connectivity index (χ0) is 13.2. The molecule has 1 aliphatic heterocycles. The van der Waals surface area contributed by atoms with Gasteiger partial charge in [0, 0.05) is 36.3 Å². The minimum atomic E-state index is 0.196. The summed E-state index contributed by atoms with van der Waals surface area (Å²) in [6.07, 6.45) is 5.93. The number of hydrogen-bond donors (Lipinski definition) is 1. The van der Waals surface area contributed by atoms with Crippen LogP contribution < -0.4 is 5.73 Å². The molecule has 1 aliphatic rings. The zero-order valence-electron chi connectivity index (χ0n) is 11.5.